The van der Waals surface area contributed by atoms with Crippen molar-refractivity contribution >= 4 is 6.03 Å². The van der Waals surface area contributed by atoms with Crippen molar-refractivity contribution in [2.75, 3.05) is 13.1 Å². The summed E-state index contributed by atoms with van der Waals surface area (Å²) in [6, 6.07) is 0.666. The Labute approximate surface area is 111 Å². The van der Waals surface area contributed by atoms with E-state index in [1.54, 1.807) is 0 Å². The summed E-state index contributed by atoms with van der Waals surface area (Å²) in [6.45, 7) is 6.08. The van der Waals surface area contributed by atoms with Gasteiger partial charge in [-0.1, -0.05) is 26.0 Å². The number of hydrogen-bond acceptors (Lipinski definition) is 1. The van der Waals surface area contributed by atoms with Gasteiger partial charge in [-0.3, -0.25) is 0 Å². The minimum absolute atomic E-state index is 0.153. The molecule has 2 rings (SSSR count). The SMILES string of the molecule is CC(C)CN(C(=O)NCC1CC=CCC1)C1CC1. The van der Waals surface area contributed by atoms with Crippen LogP contribution in [0.25, 0.3) is 0 Å². The fraction of sp³-hybridized carbons (Fsp3) is 0.800. The summed E-state index contributed by atoms with van der Waals surface area (Å²) >= 11 is 0. The third kappa shape index (κ3) is 4.04. The van der Waals surface area contributed by atoms with Gasteiger partial charge >= 0.3 is 6.03 Å². The van der Waals surface area contributed by atoms with E-state index in [0.29, 0.717) is 17.9 Å². The van der Waals surface area contributed by atoms with E-state index < -0.39 is 0 Å². The summed E-state index contributed by atoms with van der Waals surface area (Å²) in [5.74, 6) is 1.19. The van der Waals surface area contributed by atoms with Crippen LogP contribution in [-0.2, 0) is 0 Å². The number of rotatable bonds is 5. The first kappa shape index (κ1) is 13.4. The molecule has 3 nitrogen and oxygen atoms in total. The maximum absolute atomic E-state index is 12.2. The maximum atomic E-state index is 12.2. The molecular formula is C15H26N2O. The molecule has 2 amide bonds. The number of carbonyl (C=O) groups is 1. The Hall–Kier alpha value is -0.990. The normalized spacial score (nSPS) is 23.2. The second-order valence-corrected chi connectivity index (χ2v) is 6.11. The van der Waals surface area contributed by atoms with E-state index in [2.05, 4.69) is 31.3 Å². The molecule has 0 aromatic carbocycles. The fourth-order valence-electron chi connectivity index (χ4n) is 2.55. The highest BCUT2D eigenvalue weighted by atomic mass is 16.2. The van der Waals surface area contributed by atoms with Crippen LogP contribution in [0.2, 0.25) is 0 Å². The van der Waals surface area contributed by atoms with E-state index in [-0.39, 0.29) is 6.03 Å². The van der Waals surface area contributed by atoms with Gasteiger partial charge in [-0.05, 0) is 43.9 Å². The highest BCUT2D eigenvalue weighted by molar-refractivity contribution is 5.74. The molecule has 0 bridgehead atoms. The lowest BCUT2D eigenvalue weighted by Gasteiger charge is -2.26. The van der Waals surface area contributed by atoms with Gasteiger partial charge in [0, 0.05) is 19.1 Å². The van der Waals surface area contributed by atoms with E-state index in [1.165, 1.54) is 25.7 Å². The van der Waals surface area contributed by atoms with E-state index in [0.717, 1.165) is 19.5 Å². The van der Waals surface area contributed by atoms with Crippen LogP contribution < -0.4 is 5.32 Å². The van der Waals surface area contributed by atoms with E-state index >= 15 is 0 Å². The zero-order valence-corrected chi connectivity index (χ0v) is 11.7. The van der Waals surface area contributed by atoms with Gasteiger partial charge in [0.15, 0.2) is 0 Å². The van der Waals surface area contributed by atoms with Gasteiger partial charge in [-0.25, -0.2) is 4.79 Å². The number of allylic oxidation sites excluding steroid dienone is 2. The summed E-state index contributed by atoms with van der Waals surface area (Å²) in [6.07, 6.45) is 10.4. The quantitative estimate of drug-likeness (QED) is 0.747. The largest absolute Gasteiger partial charge is 0.338 e. The van der Waals surface area contributed by atoms with Crippen molar-refractivity contribution in [2.45, 2.75) is 52.0 Å². The van der Waals surface area contributed by atoms with E-state index in [9.17, 15) is 4.79 Å². The predicted molar refractivity (Wildman–Crippen MR) is 74.4 cm³/mol. The number of nitrogens with one attached hydrogen (secondary N) is 1. The van der Waals surface area contributed by atoms with Crippen LogP contribution in [-0.4, -0.2) is 30.1 Å². The van der Waals surface area contributed by atoms with Crippen LogP contribution >= 0.6 is 0 Å². The molecule has 0 heterocycles. The molecule has 0 saturated heterocycles. The second-order valence-electron chi connectivity index (χ2n) is 6.11. The number of hydrogen-bond donors (Lipinski definition) is 1. The van der Waals surface area contributed by atoms with Crippen LogP contribution in [0, 0.1) is 11.8 Å². The molecule has 3 heteroatoms. The molecule has 2 aliphatic carbocycles. The van der Waals surface area contributed by atoms with Crippen molar-refractivity contribution in [1.29, 1.82) is 0 Å². The molecule has 1 atom stereocenters. The molecule has 1 unspecified atom stereocenters. The molecule has 0 aliphatic heterocycles. The molecule has 0 spiro atoms. The van der Waals surface area contributed by atoms with Crippen molar-refractivity contribution in [2.24, 2.45) is 11.8 Å². The Morgan fingerprint density at radius 2 is 2.11 bits per heavy atom. The van der Waals surface area contributed by atoms with Crippen molar-refractivity contribution in [3.8, 4) is 0 Å². The van der Waals surface area contributed by atoms with Crippen molar-refractivity contribution < 1.29 is 4.79 Å². The first-order valence-electron chi connectivity index (χ1n) is 7.36. The van der Waals surface area contributed by atoms with Crippen molar-refractivity contribution in [3.05, 3.63) is 12.2 Å². The smallest absolute Gasteiger partial charge is 0.317 e. The molecule has 1 N–H and O–H groups in total. The van der Waals surface area contributed by atoms with E-state index in [1.807, 2.05) is 4.90 Å². The summed E-state index contributed by atoms with van der Waals surface area (Å²) in [5.41, 5.74) is 0. The Kier molecular flexibility index (Phi) is 4.67. The first-order chi connectivity index (χ1) is 8.66. The Bertz CT molecular complexity index is 308. The van der Waals surface area contributed by atoms with Gasteiger partial charge in [0.2, 0.25) is 0 Å². The van der Waals surface area contributed by atoms with Gasteiger partial charge in [-0.2, -0.15) is 0 Å². The number of nitrogens with zero attached hydrogens (tertiary/aromatic N) is 1. The summed E-state index contributed by atoms with van der Waals surface area (Å²) in [5, 5.41) is 3.13. The van der Waals surface area contributed by atoms with Gasteiger partial charge in [0.1, 0.15) is 0 Å². The molecule has 2 aliphatic rings. The van der Waals surface area contributed by atoms with Crippen LogP contribution in [0.4, 0.5) is 4.79 Å². The lowest BCUT2D eigenvalue weighted by Crippen LogP contribution is -2.44. The van der Waals surface area contributed by atoms with Crippen LogP contribution in [0.5, 0.6) is 0 Å². The predicted octanol–water partition coefficient (Wildman–Crippen LogP) is 3.17. The summed E-state index contributed by atoms with van der Waals surface area (Å²) in [4.78, 5) is 14.2. The first-order valence-corrected chi connectivity index (χ1v) is 7.36. The molecule has 1 saturated carbocycles. The summed E-state index contributed by atoms with van der Waals surface area (Å²) in [7, 11) is 0. The van der Waals surface area contributed by atoms with Gasteiger partial charge in [-0.15, -0.1) is 0 Å². The average molecular weight is 250 g/mol. The zero-order valence-electron chi connectivity index (χ0n) is 11.7. The van der Waals surface area contributed by atoms with Crippen LogP contribution in [0.1, 0.15) is 46.0 Å². The second kappa shape index (κ2) is 6.26. The Morgan fingerprint density at radius 3 is 2.67 bits per heavy atom. The molecule has 0 aromatic heterocycles. The minimum atomic E-state index is 0.153. The lowest BCUT2D eigenvalue weighted by atomic mass is 9.94. The van der Waals surface area contributed by atoms with Crippen molar-refractivity contribution in [1.82, 2.24) is 10.2 Å². The number of urea groups is 1. The van der Waals surface area contributed by atoms with E-state index in [4.69, 9.17) is 0 Å². The molecule has 0 aromatic rings. The molecule has 18 heavy (non-hydrogen) atoms. The highest BCUT2D eigenvalue weighted by Gasteiger charge is 2.32. The van der Waals surface area contributed by atoms with Crippen molar-refractivity contribution in [3.63, 3.8) is 0 Å². The van der Waals surface area contributed by atoms with Gasteiger partial charge in [0.05, 0.1) is 0 Å². The average Bonchev–Trinajstić information content (AvgIpc) is 3.18. The molecule has 102 valence electrons. The third-order valence-corrected chi connectivity index (χ3v) is 3.73. The third-order valence-electron chi connectivity index (χ3n) is 3.73. The van der Waals surface area contributed by atoms with Crippen LogP contribution in [0.3, 0.4) is 0 Å². The molecular weight excluding hydrogens is 224 g/mol. The maximum Gasteiger partial charge on any atom is 0.317 e. The summed E-state index contributed by atoms with van der Waals surface area (Å²) < 4.78 is 0. The van der Waals surface area contributed by atoms with Gasteiger partial charge in [0.25, 0.3) is 0 Å². The fourth-order valence-corrected chi connectivity index (χ4v) is 2.55. The minimum Gasteiger partial charge on any atom is -0.338 e. The highest BCUT2D eigenvalue weighted by Crippen LogP contribution is 2.27. The number of carbonyl (C=O) groups excluding carboxylic acids is 1. The molecule has 1 fully saturated rings. The van der Waals surface area contributed by atoms with Gasteiger partial charge < -0.3 is 10.2 Å². The number of amides is 2. The monoisotopic (exact) mass is 250 g/mol. The zero-order chi connectivity index (χ0) is 13.0. The standard InChI is InChI=1S/C15H26N2O/c1-12(2)11-17(14-8-9-14)15(18)16-10-13-6-4-3-5-7-13/h3-4,12-14H,5-11H2,1-2H3,(H,16,18). The Balaban J connectivity index is 1.76. The lowest BCUT2D eigenvalue weighted by molar-refractivity contribution is 0.185. The molecule has 0 radical (unpaired) electrons. The Morgan fingerprint density at radius 1 is 1.33 bits per heavy atom. The van der Waals surface area contributed by atoms with Crippen LogP contribution in [0.15, 0.2) is 12.2 Å². The topological polar surface area (TPSA) is 32.3 Å².